The van der Waals surface area contributed by atoms with Gasteiger partial charge in [0.25, 0.3) is 10.0 Å². The third-order valence-electron chi connectivity index (χ3n) is 7.19. The number of fused-ring (bicyclic) bond motifs is 3. The number of rotatable bonds is 4. The molecule has 2 fully saturated rings. The first kappa shape index (κ1) is 20.5. The minimum atomic E-state index is -3.76. The quantitative estimate of drug-likeness (QED) is 0.792. The fourth-order valence-electron chi connectivity index (χ4n) is 5.66. The van der Waals surface area contributed by atoms with Crippen molar-refractivity contribution in [1.29, 1.82) is 0 Å². The second kappa shape index (κ2) is 7.95. The van der Waals surface area contributed by atoms with E-state index in [4.69, 9.17) is 0 Å². The van der Waals surface area contributed by atoms with E-state index in [0.717, 1.165) is 37.7 Å². The van der Waals surface area contributed by atoms with Crippen molar-refractivity contribution in [3.63, 3.8) is 0 Å². The van der Waals surface area contributed by atoms with Crippen LogP contribution in [-0.4, -0.2) is 49.6 Å². The van der Waals surface area contributed by atoms with Gasteiger partial charge in [0.1, 0.15) is 0 Å². The van der Waals surface area contributed by atoms with E-state index in [0.29, 0.717) is 5.69 Å². The molecule has 31 heavy (non-hydrogen) atoms. The summed E-state index contributed by atoms with van der Waals surface area (Å²) in [5.74, 6) is 0.0208. The summed E-state index contributed by atoms with van der Waals surface area (Å²) < 4.78 is 28.5. The standard InChI is InChI=1S/C24H28N2O4S/c27-16-22-23-19-13-7-8-14-20(19)25(31(29,30)18-11-5-2-6-12-18)15-21(23)26(22)24(28)17-9-3-1-4-10-17/h2,5-8,11-14,17,21-23,27H,1,3-4,9-10,15-16H2/t21-,22-,23+/m1/s1. The highest BCUT2D eigenvalue weighted by Gasteiger charge is 2.56. The molecule has 3 atom stereocenters. The Bertz CT molecular complexity index is 1070. The van der Waals surface area contributed by atoms with E-state index in [1.165, 1.54) is 4.31 Å². The minimum Gasteiger partial charge on any atom is -0.394 e. The zero-order chi connectivity index (χ0) is 21.6. The van der Waals surface area contributed by atoms with E-state index >= 15 is 0 Å². The zero-order valence-corrected chi connectivity index (χ0v) is 18.2. The maximum absolute atomic E-state index is 13.5. The first-order chi connectivity index (χ1) is 15.0. The van der Waals surface area contributed by atoms with Crippen LogP contribution in [0.4, 0.5) is 5.69 Å². The molecule has 2 aliphatic heterocycles. The largest absolute Gasteiger partial charge is 0.394 e. The smallest absolute Gasteiger partial charge is 0.264 e. The van der Waals surface area contributed by atoms with Gasteiger partial charge in [0.05, 0.1) is 35.8 Å². The third-order valence-corrected chi connectivity index (χ3v) is 8.98. The van der Waals surface area contributed by atoms with Crippen molar-refractivity contribution >= 4 is 21.6 Å². The Morgan fingerprint density at radius 3 is 2.35 bits per heavy atom. The first-order valence-electron chi connectivity index (χ1n) is 11.1. The summed E-state index contributed by atoms with van der Waals surface area (Å²) in [5.41, 5.74) is 1.54. The maximum atomic E-state index is 13.5. The molecule has 0 bridgehead atoms. The van der Waals surface area contributed by atoms with Gasteiger partial charge in [-0.1, -0.05) is 55.7 Å². The van der Waals surface area contributed by atoms with Gasteiger partial charge in [-0.2, -0.15) is 0 Å². The maximum Gasteiger partial charge on any atom is 0.264 e. The molecule has 6 nitrogen and oxygen atoms in total. The van der Waals surface area contributed by atoms with E-state index < -0.39 is 10.0 Å². The third kappa shape index (κ3) is 3.26. The number of nitrogens with zero attached hydrogens (tertiary/aromatic N) is 2. The Morgan fingerprint density at radius 1 is 0.968 bits per heavy atom. The molecule has 5 rings (SSSR count). The van der Waals surface area contributed by atoms with E-state index in [1.54, 1.807) is 35.2 Å². The molecule has 1 aliphatic carbocycles. The number of amides is 1. The Morgan fingerprint density at radius 2 is 1.65 bits per heavy atom. The predicted octanol–water partition coefficient (Wildman–Crippen LogP) is 3.13. The molecule has 7 heteroatoms. The molecule has 2 heterocycles. The van der Waals surface area contributed by atoms with Crippen LogP contribution in [0.15, 0.2) is 59.5 Å². The highest BCUT2D eigenvalue weighted by molar-refractivity contribution is 7.92. The van der Waals surface area contributed by atoms with Gasteiger partial charge in [-0.3, -0.25) is 9.10 Å². The average Bonchev–Trinajstić information content (AvgIpc) is 2.80. The van der Waals surface area contributed by atoms with Gasteiger partial charge in [-0.25, -0.2) is 8.42 Å². The molecule has 3 aliphatic rings. The van der Waals surface area contributed by atoms with Gasteiger partial charge < -0.3 is 10.0 Å². The zero-order valence-electron chi connectivity index (χ0n) is 17.4. The lowest BCUT2D eigenvalue weighted by Gasteiger charge is -2.59. The lowest BCUT2D eigenvalue weighted by molar-refractivity contribution is -0.156. The van der Waals surface area contributed by atoms with Crippen molar-refractivity contribution in [3.8, 4) is 0 Å². The van der Waals surface area contributed by atoms with Crippen LogP contribution in [0.1, 0.15) is 43.6 Å². The Balaban J connectivity index is 1.53. The number of carbonyl (C=O) groups excluding carboxylic acids is 1. The Kier molecular flexibility index (Phi) is 5.26. The van der Waals surface area contributed by atoms with Gasteiger partial charge in [-0.05, 0) is 36.6 Å². The molecule has 0 unspecified atom stereocenters. The number of para-hydroxylation sites is 1. The summed E-state index contributed by atoms with van der Waals surface area (Å²) in [6.45, 7) is 0.104. The topological polar surface area (TPSA) is 77.9 Å². The molecule has 0 radical (unpaired) electrons. The van der Waals surface area contributed by atoms with Gasteiger partial charge in [0, 0.05) is 11.8 Å². The predicted molar refractivity (Wildman–Crippen MR) is 118 cm³/mol. The van der Waals surface area contributed by atoms with Crippen LogP contribution in [0.5, 0.6) is 0 Å². The molecule has 0 aromatic heterocycles. The van der Waals surface area contributed by atoms with Gasteiger partial charge in [-0.15, -0.1) is 0 Å². The fraction of sp³-hybridized carbons (Fsp3) is 0.458. The normalized spacial score (nSPS) is 26.0. The monoisotopic (exact) mass is 440 g/mol. The van der Waals surface area contributed by atoms with E-state index in [-0.39, 0.29) is 47.9 Å². The molecular formula is C24H28N2O4S. The van der Waals surface area contributed by atoms with Gasteiger partial charge in [0.2, 0.25) is 5.91 Å². The number of aliphatic hydroxyl groups is 1. The molecular weight excluding hydrogens is 412 g/mol. The van der Waals surface area contributed by atoms with Crippen LogP contribution in [0.3, 0.4) is 0 Å². The summed E-state index contributed by atoms with van der Waals surface area (Å²) in [4.78, 5) is 15.4. The lowest BCUT2D eigenvalue weighted by Crippen LogP contribution is -2.71. The van der Waals surface area contributed by atoms with Crippen LogP contribution in [0.25, 0.3) is 0 Å². The second-order valence-electron chi connectivity index (χ2n) is 8.83. The number of likely N-dealkylation sites (tertiary alicyclic amines) is 1. The van der Waals surface area contributed by atoms with Crippen LogP contribution >= 0.6 is 0 Å². The molecule has 2 aromatic carbocycles. The summed E-state index contributed by atoms with van der Waals surface area (Å²) >= 11 is 0. The number of aliphatic hydroxyl groups excluding tert-OH is 1. The summed E-state index contributed by atoms with van der Waals surface area (Å²) in [7, 11) is -3.76. The van der Waals surface area contributed by atoms with Gasteiger partial charge >= 0.3 is 0 Å². The van der Waals surface area contributed by atoms with Crippen molar-refractivity contribution in [2.45, 2.75) is 55.0 Å². The summed E-state index contributed by atoms with van der Waals surface area (Å²) in [6.07, 6.45) is 5.04. The highest BCUT2D eigenvalue weighted by atomic mass is 32.2. The number of carbonyl (C=O) groups is 1. The molecule has 0 spiro atoms. The lowest BCUT2D eigenvalue weighted by atomic mass is 9.71. The Labute approximate surface area is 183 Å². The van der Waals surface area contributed by atoms with E-state index in [2.05, 4.69) is 0 Å². The van der Waals surface area contributed by atoms with Crippen molar-refractivity contribution in [2.75, 3.05) is 17.5 Å². The first-order valence-corrected chi connectivity index (χ1v) is 12.6. The molecule has 1 saturated heterocycles. The second-order valence-corrected chi connectivity index (χ2v) is 10.7. The SMILES string of the molecule is O=C(C1CCCCC1)N1[C@H](CO)[C@H]2c3ccccc3N(S(=O)(=O)c3ccccc3)C[C@H]21. The summed E-state index contributed by atoms with van der Waals surface area (Å²) in [6, 6.07) is 15.4. The number of anilines is 1. The summed E-state index contributed by atoms with van der Waals surface area (Å²) in [5, 5.41) is 10.1. The van der Waals surface area contributed by atoms with Crippen LogP contribution in [0.2, 0.25) is 0 Å². The van der Waals surface area contributed by atoms with Crippen LogP contribution < -0.4 is 4.31 Å². The van der Waals surface area contributed by atoms with Crippen molar-refractivity contribution < 1.29 is 18.3 Å². The van der Waals surface area contributed by atoms with Gasteiger partial charge in [0.15, 0.2) is 0 Å². The fourth-order valence-corrected chi connectivity index (χ4v) is 7.19. The van der Waals surface area contributed by atoms with Crippen LogP contribution in [0, 0.1) is 5.92 Å². The van der Waals surface area contributed by atoms with Crippen molar-refractivity contribution in [1.82, 2.24) is 4.90 Å². The van der Waals surface area contributed by atoms with Crippen molar-refractivity contribution in [3.05, 3.63) is 60.2 Å². The number of hydrogen-bond donors (Lipinski definition) is 1. The number of benzene rings is 2. The minimum absolute atomic E-state index is 0.0138. The van der Waals surface area contributed by atoms with Crippen molar-refractivity contribution in [2.24, 2.45) is 5.92 Å². The molecule has 2 aromatic rings. The number of sulfonamides is 1. The highest BCUT2D eigenvalue weighted by Crippen LogP contribution is 2.50. The van der Waals surface area contributed by atoms with E-state index in [1.807, 2.05) is 24.3 Å². The molecule has 1 N–H and O–H groups in total. The molecule has 164 valence electrons. The molecule has 1 saturated carbocycles. The molecule has 1 amide bonds. The Hall–Kier alpha value is -2.38. The average molecular weight is 441 g/mol. The van der Waals surface area contributed by atoms with Crippen LogP contribution in [-0.2, 0) is 14.8 Å². The number of hydrogen-bond acceptors (Lipinski definition) is 4. The van der Waals surface area contributed by atoms with E-state index in [9.17, 15) is 18.3 Å².